The highest BCUT2D eigenvalue weighted by Crippen LogP contribution is 2.05. The molecular formula is C15H25NO. The van der Waals surface area contributed by atoms with Crippen LogP contribution < -0.4 is 5.32 Å². The van der Waals surface area contributed by atoms with E-state index in [2.05, 4.69) is 38.2 Å². The van der Waals surface area contributed by atoms with Crippen molar-refractivity contribution in [2.24, 2.45) is 0 Å². The third kappa shape index (κ3) is 11.0. The van der Waals surface area contributed by atoms with Gasteiger partial charge in [-0.3, -0.25) is 4.79 Å². The number of amides is 1. The van der Waals surface area contributed by atoms with E-state index in [1.807, 2.05) is 13.8 Å². The van der Waals surface area contributed by atoms with Crippen molar-refractivity contribution in [3.8, 4) is 0 Å². The first-order chi connectivity index (χ1) is 7.91. The average molecular weight is 235 g/mol. The molecule has 0 fully saturated rings. The van der Waals surface area contributed by atoms with E-state index in [0.717, 1.165) is 18.4 Å². The summed E-state index contributed by atoms with van der Waals surface area (Å²) in [4.78, 5) is 11.3. The second kappa shape index (κ2) is 8.80. The molecule has 0 aliphatic carbocycles. The summed E-state index contributed by atoms with van der Waals surface area (Å²) in [7, 11) is 0. The van der Waals surface area contributed by atoms with Gasteiger partial charge in [-0.15, -0.1) is 0 Å². The molecule has 2 heteroatoms. The molecule has 0 aromatic carbocycles. The van der Waals surface area contributed by atoms with E-state index in [0.29, 0.717) is 6.54 Å². The monoisotopic (exact) mass is 235 g/mol. The van der Waals surface area contributed by atoms with E-state index in [1.54, 1.807) is 6.08 Å². The van der Waals surface area contributed by atoms with Crippen LogP contribution in [0.25, 0.3) is 0 Å². The molecular weight excluding hydrogens is 210 g/mol. The number of rotatable bonds is 6. The van der Waals surface area contributed by atoms with Crippen molar-refractivity contribution in [1.82, 2.24) is 5.32 Å². The number of nitrogens with one attached hydrogen (secondary N) is 1. The minimum absolute atomic E-state index is 0.0154. The molecule has 0 spiro atoms. The van der Waals surface area contributed by atoms with Crippen molar-refractivity contribution in [1.29, 1.82) is 0 Å². The maximum atomic E-state index is 11.3. The molecule has 0 radical (unpaired) electrons. The molecule has 0 rings (SSSR count). The van der Waals surface area contributed by atoms with Crippen LogP contribution in [0.1, 0.15) is 47.5 Å². The molecule has 0 aromatic rings. The Morgan fingerprint density at radius 3 is 2.18 bits per heavy atom. The lowest BCUT2D eigenvalue weighted by atomic mass is 10.1. The lowest BCUT2D eigenvalue weighted by molar-refractivity contribution is -0.116. The minimum atomic E-state index is -0.0154. The molecule has 1 N–H and O–H groups in total. The summed E-state index contributed by atoms with van der Waals surface area (Å²) >= 11 is 0. The predicted molar refractivity (Wildman–Crippen MR) is 74.9 cm³/mol. The zero-order chi connectivity index (χ0) is 13.3. The number of carbonyl (C=O) groups excluding carboxylic acids is 1. The highest BCUT2D eigenvalue weighted by molar-refractivity contribution is 5.88. The molecule has 0 aliphatic heterocycles. The molecule has 2 nitrogen and oxygen atoms in total. The van der Waals surface area contributed by atoms with Crippen LogP contribution in [-0.2, 0) is 4.79 Å². The highest BCUT2D eigenvalue weighted by Gasteiger charge is 1.94. The Morgan fingerprint density at radius 1 is 1.00 bits per heavy atom. The first-order valence-corrected chi connectivity index (χ1v) is 6.13. The lowest BCUT2D eigenvalue weighted by Gasteiger charge is -2.01. The van der Waals surface area contributed by atoms with Crippen LogP contribution in [0.4, 0.5) is 0 Å². The molecule has 17 heavy (non-hydrogen) atoms. The fraction of sp³-hybridized carbons (Fsp3) is 0.533. The summed E-state index contributed by atoms with van der Waals surface area (Å²) in [6.07, 6.45) is 8.07. The van der Waals surface area contributed by atoms with Crippen LogP contribution in [0.3, 0.4) is 0 Å². The maximum Gasteiger partial charge on any atom is 0.244 e. The van der Waals surface area contributed by atoms with Crippen molar-refractivity contribution >= 4 is 5.91 Å². The van der Waals surface area contributed by atoms with Crippen LogP contribution in [0.2, 0.25) is 0 Å². The molecule has 0 heterocycles. The molecule has 0 aromatic heterocycles. The fourth-order valence-corrected chi connectivity index (χ4v) is 1.33. The van der Waals surface area contributed by atoms with Crippen LogP contribution in [0, 0.1) is 0 Å². The quantitative estimate of drug-likeness (QED) is 0.551. The van der Waals surface area contributed by atoms with Crippen LogP contribution >= 0.6 is 0 Å². The number of allylic oxidation sites excluding steroid dienone is 4. The molecule has 0 atom stereocenters. The van der Waals surface area contributed by atoms with Gasteiger partial charge in [-0.05, 0) is 47.5 Å². The first-order valence-electron chi connectivity index (χ1n) is 6.13. The summed E-state index contributed by atoms with van der Waals surface area (Å²) in [6, 6.07) is 0. The molecule has 0 bridgehead atoms. The van der Waals surface area contributed by atoms with Crippen molar-refractivity contribution in [2.75, 3.05) is 6.54 Å². The Bertz CT molecular complexity index is 327. The maximum absolute atomic E-state index is 11.3. The Balaban J connectivity index is 3.88. The molecule has 1 amide bonds. The van der Waals surface area contributed by atoms with Crippen LogP contribution in [0.5, 0.6) is 0 Å². The number of hydrogen-bond donors (Lipinski definition) is 1. The van der Waals surface area contributed by atoms with Gasteiger partial charge in [-0.25, -0.2) is 0 Å². The first kappa shape index (κ1) is 15.7. The SMILES string of the molecule is CC(C)=CCC/C(C)=C\CNC(=O)C=C(C)C. The standard InChI is InChI=1S/C15H25NO/c1-12(2)7-6-8-14(5)9-10-16-15(17)11-13(3)4/h7,9,11H,6,8,10H2,1-5H3,(H,16,17)/b14-9-. The second-order valence-corrected chi connectivity index (χ2v) is 4.84. The third-order valence-electron chi connectivity index (χ3n) is 2.24. The zero-order valence-corrected chi connectivity index (χ0v) is 11.8. The van der Waals surface area contributed by atoms with Crippen LogP contribution in [0.15, 0.2) is 34.9 Å². The van der Waals surface area contributed by atoms with Crippen LogP contribution in [-0.4, -0.2) is 12.5 Å². The summed E-state index contributed by atoms with van der Waals surface area (Å²) in [5.74, 6) is -0.0154. The van der Waals surface area contributed by atoms with Crippen molar-refractivity contribution < 1.29 is 4.79 Å². The molecule has 0 saturated heterocycles. The normalized spacial score (nSPS) is 10.8. The van der Waals surface area contributed by atoms with Gasteiger partial charge >= 0.3 is 0 Å². The highest BCUT2D eigenvalue weighted by atomic mass is 16.1. The van der Waals surface area contributed by atoms with Gasteiger partial charge in [0, 0.05) is 12.6 Å². The smallest absolute Gasteiger partial charge is 0.244 e. The van der Waals surface area contributed by atoms with Gasteiger partial charge in [0.2, 0.25) is 5.91 Å². The van der Waals surface area contributed by atoms with E-state index < -0.39 is 0 Å². The largest absolute Gasteiger partial charge is 0.349 e. The Morgan fingerprint density at radius 2 is 1.65 bits per heavy atom. The van der Waals surface area contributed by atoms with Gasteiger partial charge < -0.3 is 5.32 Å². The molecule has 0 unspecified atom stereocenters. The third-order valence-corrected chi connectivity index (χ3v) is 2.24. The van der Waals surface area contributed by atoms with E-state index in [1.165, 1.54) is 11.1 Å². The van der Waals surface area contributed by atoms with Gasteiger partial charge in [0.1, 0.15) is 0 Å². The Labute approximate surface area is 105 Å². The minimum Gasteiger partial charge on any atom is -0.349 e. The topological polar surface area (TPSA) is 29.1 Å². The zero-order valence-electron chi connectivity index (χ0n) is 11.8. The summed E-state index contributed by atoms with van der Waals surface area (Å²) in [5.41, 5.74) is 3.70. The fourth-order valence-electron chi connectivity index (χ4n) is 1.33. The summed E-state index contributed by atoms with van der Waals surface area (Å²) in [6.45, 7) is 10.8. The van der Waals surface area contributed by atoms with E-state index >= 15 is 0 Å². The lowest BCUT2D eigenvalue weighted by Crippen LogP contribution is -2.21. The van der Waals surface area contributed by atoms with Crippen molar-refractivity contribution in [3.05, 3.63) is 34.9 Å². The van der Waals surface area contributed by atoms with E-state index in [9.17, 15) is 4.79 Å². The van der Waals surface area contributed by atoms with Gasteiger partial charge in [-0.2, -0.15) is 0 Å². The van der Waals surface area contributed by atoms with Gasteiger partial charge in [-0.1, -0.05) is 28.9 Å². The average Bonchev–Trinajstić information content (AvgIpc) is 2.15. The Kier molecular flexibility index (Phi) is 8.12. The van der Waals surface area contributed by atoms with Crippen molar-refractivity contribution in [3.63, 3.8) is 0 Å². The molecule has 0 aliphatic rings. The number of hydrogen-bond acceptors (Lipinski definition) is 1. The summed E-state index contributed by atoms with van der Waals surface area (Å²) in [5, 5.41) is 2.84. The molecule has 96 valence electrons. The van der Waals surface area contributed by atoms with Gasteiger partial charge in [0.25, 0.3) is 0 Å². The van der Waals surface area contributed by atoms with E-state index in [-0.39, 0.29) is 5.91 Å². The molecule has 0 saturated carbocycles. The van der Waals surface area contributed by atoms with Crippen molar-refractivity contribution in [2.45, 2.75) is 47.5 Å². The predicted octanol–water partition coefficient (Wildman–Crippen LogP) is 3.76. The summed E-state index contributed by atoms with van der Waals surface area (Å²) < 4.78 is 0. The second-order valence-electron chi connectivity index (χ2n) is 4.84. The number of carbonyl (C=O) groups is 1. The Hall–Kier alpha value is -1.31. The van der Waals surface area contributed by atoms with Gasteiger partial charge in [0.15, 0.2) is 0 Å². The van der Waals surface area contributed by atoms with Gasteiger partial charge in [0.05, 0.1) is 0 Å². The van der Waals surface area contributed by atoms with E-state index in [4.69, 9.17) is 0 Å².